The van der Waals surface area contributed by atoms with E-state index >= 15 is 0 Å². The molecule has 3 rings (SSSR count). The van der Waals surface area contributed by atoms with Crippen LogP contribution in [0.25, 0.3) is 0 Å². The highest BCUT2D eigenvalue weighted by atomic mass is 16.5. The number of hydrogen-bond acceptors (Lipinski definition) is 4. The standard InChI is InChI=1S/C12H12N2O2/c1-2-4-13-9(3-1)5-10-6-14-11-7-15-8-12(11)16-10/h1-4,7-8,10,14H,5-6H2. The Hall–Kier alpha value is -1.97. The molecule has 4 nitrogen and oxygen atoms in total. The van der Waals surface area contributed by atoms with Gasteiger partial charge in [0.05, 0.1) is 6.54 Å². The number of pyridine rings is 1. The summed E-state index contributed by atoms with van der Waals surface area (Å²) in [7, 11) is 0. The van der Waals surface area contributed by atoms with Gasteiger partial charge in [0.1, 0.15) is 24.3 Å². The lowest BCUT2D eigenvalue weighted by Gasteiger charge is -2.24. The lowest BCUT2D eigenvalue weighted by molar-refractivity contribution is 0.204. The molecule has 1 unspecified atom stereocenters. The van der Waals surface area contributed by atoms with Crippen LogP contribution in [0, 0.1) is 0 Å². The van der Waals surface area contributed by atoms with Gasteiger partial charge in [0, 0.05) is 18.3 Å². The van der Waals surface area contributed by atoms with Crippen molar-refractivity contribution in [3.05, 3.63) is 42.6 Å². The fourth-order valence-electron chi connectivity index (χ4n) is 1.82. The van der Waals surface area contributed by atoms with Gasteiger partial charge in [0.2, 0.25) is 0 Å². The van der Waals surface area contributed by atoms with Crippen LogP contribution in [0.15, 0.2) is 41.3 Å². The summed E-state index contributed by atoms with van der Waals surface area (Å²) in [6.07, 6.45) is 5.99. The van der Waals surface area contributed by atoms with Crippen molar-refractivity contribution >= 4 is 5.69 Å². The summed E-state index contributed by atoms with van der Waals surface area (Å²) in [6, 6.07) is 5.91. The Kier molecular flexibility index (Phi) is 2.25. The van der Waals surface area contributed by atoms with Gasteiger partial charge >= 0.3 is 0 Å². The first-order valence-electron chi connectivity index (χ1n) is 5.28. The molecule has 2 aromatic heterocycles. The molecule has 3 heterocycles. The monoisotopic (exact) mass is 216 g/mol. The molecule has 0 aromatic carbocycles. The first-order valence-corrected chi connectivity index (χ1v) is 5.28. The maximum Gasteiger partial charge on any atom is 0.181 e. The minimum atomic E-state index is 0.111. The molecule has 1 aliphatic rings. The van der Waals surface area contributed by atoms with Crippen LogP contribution < -0.4 is 10.1 Å². The summed E-state index contributed by atoms with van der Waals surface area (Å²) in [6.45, 7) is 0.781. The first kappa shape index (κ1) is 9.27. The molecule has 0 fully saturated rings. The number of anilines is 1. The van der Waals surface area contributed by atoms with E-state index in [-0.39, 0.29) is 6.10 Å². The molecule has 1 N–H and O–H groups in total. The van der Waals surface area contributed by atoms with E-state index in [0.717, 1.165) is 30.1 Å². The molecule has 0 amide bonds. The van der Waals surface area contributed by atoms with Crippen molar-refractivity contribution in [2.75, 3.05) is 11.9 Å². The van der Waals surface area contributed by atoms with Gasteiger partial charge in [-0.05, 0) is 12.1 Å². The Morgan fingerprint density at radius 1 is 1.38 bits per heavy atom. The summed E-state index contributed by atoms with van der Waals surface area (Å²) >= 11 is 0. The predicted molar refractivity (Wildman–Crippen MR) is 59.6 cm³/mol. The van der Waals surface area contributed by atoms with Gasteiger partial charge in [-0.1, -0.05) is 6.07 Å². The number of fused-ring (bicyclic) bond motifs is 1. The summed E-state index contributed by atoms with van der Waals surface area (Å²) in [5.74, 6) is 0.784. The molecule has 0 radical (unpaired) electrons. The molecule has 0 spiro atoms. The smallest absolute Gasteiger partial charge is 0.181 e. The zero-order valence-electron chi connectivity index (χ0n) is 8.72. The van der Waals surface area contributed by atoms with Crippen molar-refractivity contribution in [3.63, 3.8) is 0 Å². The van der Waals surface area contributed by atoms with Crippen molar-refractivity contribution in [2.45, 2.75) is 12.5 Å². The maximum atomic E-state index is 5.78. The molecular weight excluding hydrogens is 204 g/mol. The van der Waals surface area contributed by atoms with E-state index in [1.165, 1.54) is 0 Å². The minimum Gasteiger partial charge on any atom is -0.483 e. The molecule has 1 aliphatic heterocycles. The van der Waals surface area contributed by atoms with E-state index < -0.39 is 0 Å². The van der Waals surface area contributed by atoms with Crippen molar-refractivity contribution in [3.8, 4) is 5.75 Å². The lowest BCUT2D eigenvalue weighted by atomic mass is 10.1. The highest BCUT2D eigenvalue weighted by Crippen LogP contribution is 2.30. The highest BCUT2D eigenvalue weighted by Gasteiger charge is 2.21. The van der Waals surface area contributed by atoms with Gasteiger partial charge in [-0.3, -0.25) is 4.98 Å². The summed E-state index contributed by atoms with van der Waals surface area (Å²) < 4.78 is 10.8. The quantitative estimate of drug-likeness (QED) is 0.835. The number of furan rings is 1. The summed E-state index contributed by atoms with van der Waals surface area (Å²) in [4.78, 5) is 4.29. The van der Waals surface area contributed by atoms with E-state index in [2.05, 4.69) is 10.3 Å². The third-order valence-corrected chi connectivity index (χ3v) is 2.60. The largest absolute Gasteiger partial charge is 0.483 e. The van der Waals surface area contributed by atoms with Crippen molar-refractivity contribution in [2.24, 2.45) is 0 Å². The third-order valence-electron chi connectivity index (χ3n) is 2.60. The number of hydrogen-bond donors (Lipinski definition) is 1. The van der Waals surface area contributed by atoms with Crippen molar-refractivity contribution < 1.29 is 9.15 Å². The van der Waals surface area contributed by atoms with Crippen LogP contribution in [0.4, 0.5) is 5.69 Å². The Balaban J connectivity index is 1.71. The average molecular weight is 216 g/mol. The lowest BCUT2D eigenvalue weighted by Crippen LogP contribution is -2.32. The number of rotatable bonds is 2. The molecule has 0 aliphatic carbocycles. The van der Waals surface area contributed by atoms with Crippen LogP contribution in [-0.4, -0.2) is 17.6 Å². The van der Waals surface area contributed by atoms with Crippen LogP contribution in [0.3, 0.4) is 0 Å². The van der Waals surface area contributed by atoms with E-state index in [1.807, 2.05) is 18.2 Å². The maximum absolute atomic E-state index is 5.78. The zero-order valence-corrected chi connectivity index (χ0v) is 8.72. The molecule has 16 heavy (non-hydrogen) atoms. The number of aromatic nitrogens is 1. The fraction of sp³-hybridized carbons (Fsp3) is 0.250. The summed E-state index contributed by atoms with van der Waals surface area (Å²) in [5.41, 5.74) is 1.97. The van der Waals surface area contributed by atoms with Crippen LogP contribution >= 0.6 is 0 Å². The fourth-order valence-corrected chi connectivity index (χ4v) is 1.82. The van der Waals surface area contributed by atoms with Gasteiger partial charge in [-0.15, -0.1) is 0 Å². The van der Waals surface area contributed by atoms with Gasteiger partial charge in [-0.25, -0.2) is 0 Å². The number of nitrogens with zero attached hydrogens (tertiary/aromatic N) is 1. The second-order valence-electron chi connectivity index (χ2n) is 3.80. The first-order chi connectivity index (χ1) is 7.92. The number of ether oxygens (including phenoxy) is 1. The van der Waals surface area contributed by atoms with Crippen LogP contribution in [0.2, 0.25) is 0 Å². The van der Waals surface area contributed by atoms with Gasteiger partial charge < -0.3 is 14.5 Å². The molecular formula is C12H12N2O2. The van der Waals surface area contributed by atoms with E-state index in [0.29, 0.717) is 0 Å². The Labute approximate surface area is 93.3 Å². The topological polar surface area (TPSA) is 47.3 Å². The molecule has 2 aromatic rings. The molecule has 82 valence electrons. The van der Waals surface area contributed by atoms with Gasteiger partial charge in [0.15, 0.2) is 5.75 Å². The second-order valence-corrected chi connectivity index (χ2v) is 3.80. The van der Waals surface area contributed by atoms with Crippen LogP contribution in [-0.2, 0) is 6.42 Å². The molecule has 0 saturated carbocycles. The van der Waals surface area contributed by atoms with E-state index in [4.69, 9.17) is 9.15 Å². The Morgan fingerprint density at radius 2 is 2.38 bits per heavy atom. The normalized spacial score (nSPS) is 18.4. The van der Waals surface area contributed by atoms with E-state index in [1.54, 1.807) is 18.7 Å². The van der Waals surface area contributed by atoms with E-state index in [9.17, 15) is 0 Å². The minimum absolute atomic E-state index is 0.111. The SMILES string of the molecule is c1ccc(CC2CNc3cocc3O2)nc1. The molecule has 4 heteroatoms. The summed E-state index contributed by atoms with van der Waals surface area (Å²) in [5, 5.41) is 3.27. The molecule has 1 atom stereocenters. The van der Waals surface area contributed by atoms with Gasteiger partial charge in [-0.2, -0.15) is 0 Å². The van der Waals surface area contributed by atoms with Crippen LogP contribution in [0.5, 0.6) is 5.75 Å². The van der Waals surface area contributed by atoms with Crippen molar-refractivity contribution in [1.82, 2.24) is 4.98 Å². The van der Waals surface area contributed by atoms with Gasteiger partial charge in [0.25, 0.3) is 0 Å². The Bertz CT molecular complexity index is 467. The second kappa shape index (κ2) is 3.89. The highest BCUT2D eigenvalue weighted by molar-refractivity contribution is 5.55. The Morgan fingerprint density at radius 3 is 3.25 bits per heavy atom. The third kappa shape index (κ3) is 1.74. The average Bonchev–Trinajstić information content (AvgIpc) is 2.77. The predicted octanol–water partition coefficient (Wildman–Crippen LogP) is 2.09. The van der Waals surface area contributed by atoms with Crippen LogP contribution in [0.1, 0.15) is 5.69 Å². The molecule has 0 bridgehead atoms. The zero-order chi connectivity index (χ0) is 10.8. The van der Waals surface area contributed by atoms with Crippen molar-refractivity contribution in [1.29, 1.82) is 0 Å². The number of nitrogens with one attached hydrogen (secondary N) is 1. The molecule has 0 saturated heterocycles.